The first kappa shape index (κ1) is 9.25. The summed E-state index contributed by atoms with van der Waals surface area (Å²) in [4.78, 5) is 1.02. The van der Waals surface area contributed by atoms with Gasteiger partial charge in [0, 0.05) is 13.1 Å². The molecule has 0 bridgehead atoms. The fourth-order valence-corrected chi connectivity index (χ4v) is 2.29. The minimum atomic E-state index is 0.423. The Morgan fingerprint density at radius 1 is 1.57 bits per heavy atom. The molecule has 0 saturated heterocycles. The lowest BCUT2D eigenvalue weighted by Crippen LogP contribution is -1.92. The van der Waals surface area contributed by atoms with Gasteiger partial charge in [-0.05, 0) is 12.1 Å². The minimum Gasteiger partial charge on any atom is -0.266 e. The molecule has 2 rings (SSSR count). The predicted octanol–water partition coefficient (Wildman–Crippen LogP) is 2.67. The minimum absolute atomic E-state index is 0.423. The van der Waals surface area contributed by atoms with Crippen LogP contribution in [-0.4, -0.2) is 9.78 Å². The molecule has 0 aliphatic heterocycles. The molecule has 2 aromatic heterocycles. The van der Waals surface area contributed by atoms with Crippen LogP contribution in [0.5, 0.6) is 0 Å². The standard InChI is InChI=1S/C9H6ClN3S/c1-13-7(4-6(5-11)12-13)8-2-3-9(10)14-8/h2-4H,1H3. The van der Waals surface area contributed by atoms with E-state index in [1.807, 2.05) is 25.2 Å². The summed E-state index contributed by atoms with van der Waals surface area (Å²) >= 11 is 7.30. The Morgan fingerprint density at radius 3 is 2.86 bits per heavy atom. The molecule has 0 fully saturated rings. The van der Waals surface area contributed by atoms with Gasteiger partial charge in [-0.15, -0.1) is 11.3 Å². The van der Waals surface area contributed by atoms with Gasteiger partial charge in [0.05, 0.1) is 14.9 Å². The van der Waals surface area contributed by atoms with Gasteiger partial charge in [0.15, 0.2) is 5.69 Å². The van der Waals surface area contributed by atoms with Gasteiger partial charge >= 0.3 is 0 Å². The van der Waals surface area contributed by atoms with Crippen molar-refractivity contribution in [1.29, 1.82) is 5.26 Å². The van der Waals surface area contributed by atoms with E-state index in [4.69, 9.17) is 16.9 Å². The molecule has 70 valence electrons. The fourth-order valence-electron chi connectivity index (χ4n) is 1.20. The summed E-state index contributed by atoms with van der Waals surface area (Å²) in [6, 6.07) is 7.51. The van der Waals surface area contributed by atoms with Crippen molar-refractivity contribution in [1.82, 2.24) is 9.78 Å². The maximum Gasteiger partial charge on any atom is 0.163 e. The summed E-state index contributed by atoms with van der Waals surface area (Å²) in [5, 5.41) is 12.7. The lowest BCUT2D eigenvalue weighted by Gasteiger charge is -1.95. The smallest absolute Gasteiger partial charge is 0.163 e. The first-order chi connectivity index (χ1) is 6.70. The van der Waals surface area contributed by atoms with Crippen LogP contribution >= 0.6 is 22.9 Å². The van der Waals surface area contributed by atoms with Crippen molar-refractivity contribution in [3.63, 3.8) is 0 Å². The lowest BCUT2D eigenvalue weighted by molar-refractivity contribution is 0.772. The maximum atomic E-state index is 8.68. The molecule has 5 heteroatoms. The Balaban J connectivity index is 2.52. The molecule has 0 atom stereocenters. The predicted molar refractivity (Wildman–Crippen MR) is 56.2 cm³/mol. The van der Waals surface area contributed by atoms with E-state index in [0.29, 0.717) is 5.69 Å². The third-order valence-corrected chi connectivity index (χ3v) is 3.07. The zero-order valence-electron chi connectivity index (χ0n) is 7.36. The van der Waals surface area contributed by atoms with Crippen LogP contribution in [0, 0.1) is 11.3 Å². The molecule has 0 radical (unpaired) electrons. The molecule has 0 aromatic carbocycles. The summed E-state index contributed by atoms with van der Waals surface area (Å²) in [5.41, 5.74) is 1.34. The first-order valence-electron chi connectivity index (χ1n) is 3.90. The molecule has 2 aromatic rings. The van der Waals surface area contributed by atoms with E-state index in [0.717, 1.165) is 14.9 Å². The normalized spacial score (nSPS) is 10.1. The zero-order valence-corrected chi connectivity index (χ0v) is 8.93. The van der Waals surface area contributed by atoms with Gasteiger partial charge in [0.25, 0.3) is 0 Å². The molecular weight excluding hydrogens is 218 g/mol. The molecular formula is C9H6ClN3S. The Bertz CT molecular complexity index is 506. The van der Waals surface area contributed by atoms with Crippen molar-refractivity contribution >= 4 is 22.9 Å². The van der Waals surface area contributed by atoms with Crippen molar-refractivity contribution in [2.24, 2.45) is 7.05 Å². The number of hydrogen-bond donors (Lipinski definition) is 0. The quantitative estimate of drug-likeness (QED) is 0.746. The Morgan fingerprint density at radius 2 is 2.36 bits per heavy atom. The fraction of sp³-hybridized carbons (Fsp3) is 0.111. The van der Waals surface area contributed by atoms with Crippen LogP contribution in [0.15, 0.2) is 18.2 Å². The number of halogens is 1. The molecule has 2 heterocycles. The highest BCUT2D eigenvalue weighted by Crippen LogP contribution is 2.30. The number of hydrogen-bond acceptors (Lipinski definition) is 3. The molecule has 0 aliphatic carbocycles. The highest BCUT2D eigenvalue weighted by molar-refractivity contribution is 7.19. The maximum absolute atomic E-state index is 8.68. The molecule has 0 unspecified atom stereocenters. The third kappa shape index (κ3) is 1.52. The van der Waals surface area contributed by atoms with E-state index in [9.17, 15) is 0 Å². The average molecular weight is 224 g/mol. The third-order valence-electron chi connectivity index (χ3n) is 1.82. The second kappa shape index (κ2) is 3.45. The van der Waals surface area contributed by atoms with E-state index in [1.165, 1.54) is 11.3 Å². The van der Waals surface area contributed by atoms with Crippen molar-refractivity contribution in [3.05, 3.63) is 28.2 Å². The molecule has 0 spiro atoms. The van der Waals surface area contributed by atoms with E-state index in [1.54, 1.807) is 10.7 Å². The number of aryl methyl sites for hydroxylation is 1. The van der Waals surface area contributed by atoms with Gasteiger partial charge in [-0.3, -0.25) is 4.68 Å². The number of rotatable bonds is 1. The Labute approximate surface area is 90.2 Å². The Kier molecular flexibility index (Phi) is 2.28. The Hall–Kier alpha value is -1.31. The van der Waals surface area contributed by atoms with Crippen LogP contribution in [-0.2, 0) is 7.05 Å². The van der Waals surface area contributed by atoms with Gasteiger partial charge in [-0.1, -0.05) is 11.6 Å². The van der Waals surface area contributed by atoms with E-state index >= 15 is 0 Å². The van der Waals surface area contributed by atoms with Crippen LogP contribution in [0.25, 0.3) is 10.6 Å². The first-order valence-corrected chi connectivity index (χ1v) is 5.10. The van der Waals surface area contributed by atoms with Crippen molar-refractivity contribution < 1.29 is 0 Å². The second-order valence-corrected chi connectivity index (χ2v) is 4.47. The summed E-state index contributed by atoms with van der Waals surface area (Å²) in [6.45, 7) is 0. The van der Waals surface area contributed by atoms with Crippen LogP contribution in [0.2, 0.25) is 4.34 Å². The molecule has 0 aliphatic rings. The number of aromatic nitrogens is 2. The number of thiophene rings is 1. The highest BCUT2D eigenvalue weighted by Gasteiger charge is 2.08. The van der Waals surface area contributed by atoms with E-state index in [2.05, 4.69) is 5.10 Å². The lowest BCUT2D eigenvalue weighted by atomic mass is 10.3. The number of nitrogens with zero attached hydrogens (tertiary/aromatic N) is 3. The van der Waals surface area contributed by atoms with Crippen LogP contribution in [0.4, 0.5) is 0 Å². The van der Waals surface area contributed by atoms with Gasteiger partial charge in [0.1, 0.15) is 6.07 Å². The largest absolute Gasteiger partial charge is 0.266 e. The number of nitriles is 1. The summed E-state index contributed by atoms with van der Waals surface area (Å²) < 4.78 is 2.42. The molecule has 0 N–H and O–H groups in total. The van der Waals surface area contributed by atoms with Crippen LogP contribution in [0.3, 0.4) is 0 Å². The molecule has 0 amide bonds. The monoisotopic (exact) mass is 223 g/mol. The van der Waals surface area contributed by atoms with Crippen molar-refractivity contribution in [2.75, 3.05) is 0 Å². The van der Waals surface area contributed by atoms with E-state index in [-0.39, 0.29) is 0 Å². The van der Waals surface area contributed by atoms with Gasteiger partial charge in [0.2, 0.25) is 0 Å². The van der Waals surface area contributed by atoms with Gasteiger partial charge in [-0.25, -0.2) is 0 Å². The zero-order chi connectivity index (χ0) is 10.1. The average Bonchev–Trinajstić information content (AvgIpc) is 2.71. The SMILES string of the molecule is Cn1nc(C#N)cc1-c1ccc(Cl)s1. The second-order valence-electron chi connectivity index (χ2n) is 2.75. The molecule has 0 saturated carbocycles. The molecule has 14 heavy (non-hydrogen) atoms. The van der Waals surface area contributed by atoms with Crippen LogP contribution < -0.4 is 0 Å². The van der Waals surface area contributed by atoms with Crippen molar-refractivity contribution in [3.8, 4) is 16.6 Å². The summed E-state index contributed by atoms with van der Waals surface area (Å²) in [7, 11) is 1.81. The summed E-state index contributed by atoms with van der Waals surface area (Å²) in [5.74, 6) is 0. The summed E-state index contributed by atoms with van der Waals surface area (Å²) in [6.07, 6.45) is 0. The van der Waals surface area contributed by atoms with E-state index < -0.39 is 0 Å². The topological polar surface area (TPSA) is 41.6 Å². The van der Waals surface area contributed by atoms with Crippen molar-refractivity contribution in [2.45, 2.75) is 0 Å². The highest BCUT2D eigenvalue weighted by atomic mass is 35.5. The van der Waals surface area contributed by atoms with Gasteiger partial charge in [-0.2, -0.15) is 10.4 Å². The van der Waals surface area contributed by atoms with Gasteiger partial charge < -0.3 is 0 Å². The van der Waals surface area contributed by atoms with Crippen LogP contribution in [0.1, 0.15) is 5.69 Å². The molecule has 3 nitrogen and oxygen atoms in total.